The molecule has 3 aromatic heterocycles. The van der Waals surface area contributed by atoms with Gasteiger partial charge in [-0.1, -0.05) is 5.16 Å². The Morgan fingerprint density at radius 3 is 3.00 bits per heavy atom. The molecule has 0 saturated heterocycles. The van der Waals surface area contributed by atoms with Gasteiger partial charge >= 0.3 is 0 Å². The van der Waals surface area contributed by atoms with Crippen LogP contribution in [0.3, 0.4) is 0 Å². The number of nitrogens with one attached hydrogen (secondary N) is 1. The first-order chi connectivity index (χ1) is 6.95. The average Bonchev–Trinajstić information content (AvgIpc) is 2.85. The molecule has 3 aromatic rings. The fourth-order valence-electron chi connectivity index (χ4n) is 1.27. The van der Waals surface area contributed by atoms with Crippen LogP contribution < -0.4 is 0 Å². The molecule has 0 spiro atoms. The molecule has 0 unspecified atom stereocenters. The van der Waals surface area contributed by atoms with Crippen molar-refractivity contribution in [3.8, 4) is 11.4 Å². The van der Waals surface area contributed by atoms with E-state index in [2.05, 4.69) is 25.3 Å². The fraction of sp³-hybridized carbons (Fsp3) is 0. The van der Waals surface area contributed by atoms with E-state index in [1.165, 1.54) is 6.26 Å². The van der Waals surface area contributed by atoms with Gasteiger partial charge < -0.3 is 4.52 Å². The van der Waals surface area contributed by atoms with Gasteiger partial charge in [0.1, 0.15) is 23.2 Å². The van der Waals surface area contributed by atoms with Gasteiger partial charge in [0.05, 0.1) is 0 Å². The van der Waals surface area contributed by atoms with Crippen molar-refractivity contribution < 1.29 is 4.52 Å². The summed E-state index contributed by atoms with van der Waals surface area (Å²) in [6.07, 6.45) is 4.70. The lowest BCUT2D eigenvalue weighted by Gasteiger charge is -1.88. The summed E-state index contributed by atoms with van der Waals surface area (Å²) in [6, 6.07) is 1.74. The number of fused-ring (bicyclic) bond motifs is 1. The van der Waals surface area contributed by atoms with Crippen molar-refractivity contribution in [1.82, 2.24) is 25.3 Å². The molecule has 0 radical (unpaired) electrons. The van der Waals surface area contributed by atoms with Gasteiger partial charge in [-0.05, 0) is 0 Å². The van der Waals surface area contributed by atoms with E-state index in [1.807, 2.05) is 0 Å². The standard InChI is InChI=1S/C8H5N5O/c1-4-14-13-5(1)6-7-8(12-11-6)10-3-2-9-7/h1-4H,(H,10,11,12). The van der Waals surface area contributed by atoms with Crippen molar-refractivity contribution in [2.75, 3.05) is 0 Å². The summed E-state index contributed by atoms with van der Waals surface area (Å²) in [5.41, 5.74) is 2.67. The molecule has 0 amide bonds. The second kappa shape index (κ2) is 2.63. The van der Waals surface area contributed by atoms with Crippen molar-refractivity contribution in [3.05, 3.63) is 24.7 Å². The molecule has 0 aliphatic rings. The third kappa shape index (κ3) is 0.905. The fourth-order valence-corrected chi connectivity index (χ4v) is 1.27. The van der Waals surface area contributed by atoms with Gasteiger partial charge in [-0.25, -0.2) is 9.97 Å². The van der Waals surface area contributed by atoms with E-state index in [1.54, 1.807) is 18.5 Å². The van der Waals surface area contributed by atoms with Gasteiger partial charge in [0, 0.05) is 18.5 Å². The number of nitrogens with zero attached hydrogens (tertiary/aromatic N) is 4. The summed E-state index contributed by atoms with van der Waals surface area (Å²) >= 11 is 0. The highest BCUT2D eigenvalue weighted by atomic mass is 16.5. The van der Waals surface area contributed by atoms with Gasteiger partial charge in [-0.3, -0.25) is 5.10 Å². The van der Waals surface area contributed by atoms with Crippen LogP contribution in [-0.2, 0) is 0 Å². The molecule has 0 fully saturated rings. The smallest absolute Gasteiger partial charge is 0.200 e. The Morgan fingerprint density at radius 1 is 1.21 bits per heavy atom. The number of aromatic amines is 1. The van der Waals surface area contributed by atoms with Crippen LogP contribution in [-0.4, -0.2) is 25.3 Å². The summed E-state index contributed by atoms with van der Waals surface area (Å²) in [5.74, 6) is 0. The van der Waals surface area contributed by atoms with E-state index in [0.717, 1.165) is 5.69 Å². The topological polar surface area (TPSA) is 80.5 Å². The van der Waals surface area contributed by atoms with Crippen LogP contribution >= 0.6 is 0 Å². The minimum Gasteiger partial charge on any atom is -0.364 e. The van der Waals surface area contributed by atoms with Crippen molar-refractivity contribution >= 4 is 11.2 Å². The SMILES string of the molecule is c1cnc2c(-c3ccon3)[nH]nc2n1. The van der Waals surface area contributed by atoms with E-state index in [4.69, 9.17) is 4.52 Å². The van der Waals surface area contributed by atoms with Crippen molar-refractivity contribution in [2.45, 2.75) is 0 Å². The zero-order valence-corrected chi connectivity index (χ0v) is 7.01. The molecule has 0 aliphatic heterocycles. The molecule has 0 bridgehead atoms. The van der Waals surface area contributed by atoms with Gasteiger partial charge in [-0.15, -0.1) is 0 Å². The summed E-state index contributed by atoms with van der Waals surface area (Å²) in [6.45, 7) is 0. The zero-order chi connectivity index (χ0) is 9.38. The van der Waals surface area contributed by atoms with E-state index in [0.29, 0.717) is 16.9 Å². The molecule has 0 atom stereocenters. The minimum absolute atomic E-state index is 0.575. The van der Waals surface area contributed by atoms with E-state index >= 15 is 0 Å². The first-order valence-electron chi connectivity index (χ1n) is 4.01. The Bertz CT molecular complexity index is 556. The first-order valence-corrected chi connectivity index (χ1v) is 4.01. The van der Waals surface area contributed by atoms with Crippen LogP contribution in [0.15, 0.2) is 29.2 Å². The van der Waals surface area contributed by atoms with Crippen LogP contribution in [0.25, 0.3) is 22.6 Å². The lowest BCUT2D eigenvalue weighted by atomic mass is 10.3. The lowest BCUT2D eigenvalue weighted by Crippen LogP contribution is -1.80. The number of aromatic nitrogens is 5. The zero-order valence-electron chi connectivity index (χ0n) is 7.01. The number of rotatable bonds is 1. The largest absolute Gasteiger partial charge is 0.364 e. The highest BCUT2D eigenvalue weighted by molar-refractivity contribution is 5.85. The Labute approximate surface area is 78.0 Å². The van der Waals surface area contributed by atoms with Crippen LogP contribution in [0.5, 0.6) is 0 Å². The van der Waals surface area contributed by atoms with Gasteiger partial charge in [0.15, 0.2) is 5.65 Å². The van der Waals surface area contributed by atoms with Crippen molar-refractivity contribution in [3.63, 3.8) is 0 Å². The molecule has 6 nitrogen and oxygen atoms in total. The van der Waals surface area contributed by atoms with E-state index in [9.17, 15) is 0 Å². The average molecular weight is 187 g/mol. The maximum Gasteiger partial charge on any atom is 0.200 e. The second-order valence-corrected chi connectivity index (χ2v) is 2.71. The maximum absolute atomic E-state index is 4.74. The molecule has 0 aromatic carbocycles. The molecule has 0 aliphatic carbocycles. The predicted octanol–water partition coefficient (Wildman–Crippen LogP) is 1.01. The Kier molecular flexibility index (Phi) is 1.35. The summed E-state index contributed by atoms with van der Waals surface area (Å²) in [5, 5.41) is 10.6. The first kappa shape index (κ1) is 7.19. The summed E-state index contributed by atoms with van der Waals surface area (Å²) < 4.78 is 4.74. The third-order valence-electron chi connectivity index (χ3n) is 1.88. The molecular formula is C8H5N5O. The van der Waals surface area contributed by atoms with Gasteiger partial charge in [0.25, 0.3) is 0 Å². The van der Waals surface area contributed by atoms with Crippen molar-refractivity contribution in [2.24, 2.45) is 0 Å². The normalized spacial score (nSPS) is 10.9. The second-order valence-electron chi connectivity index (χ2n) is 2.71. The molecule has 0 saturated carbocycles. The third-order valence-corrected chi connectivity index (χ3v) is 1.88. The van der Waals surface area contributed by atoms with Crippen LogP contribution in [0, 0.1) is 0 Å². The summed E-state index contributed by atoms with van der Waals surface area (Å²) in [7, 11) is 0. The predicted molar refractivity (Wildman–Crippen MR) is 47.2 cm³/mol. The molecule has 3 rings (SSSR count). The molecule has 6 heteroatoms. The summed E-state index contributed by atoms with van der Waals surface area (Å²) in [4.78, 5) is 8.21. The minimum atomic E-state index is 0.575. The molecule has 1 N–H and O–H groups in total. The highest BCUT2D eigenvalue weighted by Crippen LogP contribution is 2.20. The van der Waals surface area contributed by atoms with Crippen molar-refractivity contribution in [1.29, 1.82) is 0 Å². The Morgan fingerprint density at radius 2 is 2.14 bits per heavy atom. The number of hydrogen-bond acceptors (Lipinski definition) is 5. The monoisotopic (exact) mass is 187 g/mol. The quantitative estimate of drug-likeness (QED) is 0.614. The van der Waals surface area contributed by atoms with Crippen LogP contribution in [0.2, 0.25) is 0 Å². The molecular weight excluding hydrogens is 182 g/mol. The molecule has 3 heterocycles. The van der Waals surface area contributed by atoms with E-state index < -0.39 is 0 Å². The lowest BCUT2D eigenvalue weighted by molar-refractivity contribution is 0.422. The Balaban J connectivity index is 2.33. The molecule has 68 valence electrons. The number of hydrogen-bond donors (Lipinski definition) is 1. The number of H-pyrrole nitrogens is 1. The molecule has 14 heavy (non-hydrogen) atoms. The maximum atomic E-state index is 4.74. The van der Waals surface area contributed by atoms with E-state index in [-0.39, 0.29) is 0 Å². The van der Waals surface area contributed by atoms with Crippen LogP contribution in [0.4, 0.5) is 0 Å². The van der Waals surface area contributed by atoms with Gasteiger partial charge in [0.2, 0.25) is 0 Å². The Hall–Kier alpha value is -2.24. The van der Waals surface area contributed by atoms with Crippen LogP contribution in [0.1, 0.15) is 0 Å². The van der Waals surface area contributed by atoms with Gasteiger partial charge in [-0.2, -0.15) is 5.10 Å². The highest BCUT2D eigenvalue weighted by Gasteiger charge is 2.10.